The Balaban J connectivity index is 1.79. The van der Waals surface area contributed by atoms with Gasteiger partial charge in [-0.2, -0.15) is 0 Å². The average molecular weight is 381 g/mol. The minimum absolute atomic E-state index is 0.124. The first-order valence-electron chi connectivity index (χ1n) is 8.29. The van der Waals surface area contributed by atoms with Crippen molar-refractivity contribution in [2.75, 3.05) is 18.2 Å². The van der Waals surface area contributed by atoms with Gasteiger partial charge < -0.3 is 10.1 Å². The lowest BCUT2D eigenvalue weighted by molar-refractivity contribution is -0.113. The molecule has 1 heterocycles. The van der Waals surface area contributed by atoms with Crippen LogP contribution in [0.2, 0.25) is 0 Å². The third-order valence-electron chi connectivity index (χ3n) is 3.82. The number of rotatable bonds is 7. The number of amides is 1. The van der Waals surface area contributed by atoms with Gasteiger partial charge in [-0.3, -0.25) is 14.2 Å². The lowest BCUT2D eigenvalue weighted by Crippen LogP contribution is -2.23. The van der Waals surface area contributed by atoms with Crippen molar-refractivity contribution in [3.05, 3.63) is 71.5 Å². The highest BCUT2D eigenvalue weighted by Gasteiger charge is 2.12. The standard InChI is InChI=1S/C20H19N3O3S/c1-3-11-23-19(25)16-9-4-5-10-17(16)22-20(23)27-13-18(24)21-14-7-6-8-15(12-14)26-2/h3-10,12H,1,11,13H2,2H3,(H,21,24). The Morgan fingerprint density at radius 2 is 2.11 bits per heavy atom. The maximum Gasteiger partial charge on any atom is 0.262 e. The fourth-order valence-corrected chi connectivity index (χ4v) is 3.38. The molecule has 0 spiro atoms. The third kappa shape index (κ3) is 4.38. The Morgan fingerprint density at radius 1 is 1.30 bits per heavy atom. The van der Waals surface area contributed by atoms with Gasteiger partial charge >= 0.3 is 0 Å². The first kappa shape index (κ1) is 18.7. The van der Waals surface area contributed by atoms with Crippen molar-refractivity contribution in [1.82, 2.24) is 9.55 Å². The van der Waals surface area contributed by atoms with Gasteiger partial charge in [0.2, 0.25) is 5.91 Å². The summed E-state index contributed by atoms with van der Waals surface area (Å²) in [4.78, 5) is 29.5. The maximum atomic E-state index is 12.7. The fourth-order valence-electron chi connectivity index (χ4n) is 2.58. The molecule has 0 fully saturated rings. The number of anilines is 1. The van der Waals surface area contributed by atoms with Crippen molar-refractivity contribution in [2.24, 2.45) is 0 Å². The van der Waals surface area contributed by atoms with Crippen LogP contribution in [-0.2, 0) is 11.3 Å². The van der Waals surface area contributed by atoms with Crippen LogP contribution >= 0.6 is 11.8 Å². The number of thioether (sulfide) groups is 1. The number of ether oxygens (including phenoxy) is 1. The minimum atomic E-state index is -0.194. The van der Waals surface area contributed by atoms with E-state index in [0.717, 1.165) is 0 Å². The molecule has 0 unspecified atom stereocenters. The molecular formula is C20H19N3O3S. The number of nitrogens with one attached hydrogen (secondary N) is 1. The highest BCUT2D eigenvalue weighted by Crippen LogP contribution is 2.20. The van der Waals surface area contributed by atoms with E-state index in [1.54, 1.807) is 55.7 Å². The Labute approximate surface area is 160 Å². The van der Waals surface area contributed by atoms with Crippen molar-refractivity contribution < 1.29 is 9.53 Å². The van der Waals surface area contributed by atoms with E-state index in [4.69, 9.17) is 4.74 Å². The molecule has 1 N–H and O–H groups in total. The maximum absolute atomic E-state index is 12.7. The van der Waals surface area contributed by atoms with Crippen molar-refractivity contribution in [3.8, 4) is 5.75 Å². The van der Waals surface area contributed by atoms with E-state index in [0.29, 0.717) is 34.0 Å². The van der Waals surface area contributed by atoms with Crippen LogP contribution in [-0.4, -0.2) is 28.3 Å². The SMILES string of the molecule is C=CCn1c(SCC(=O)Nc2cccc(OC)c2)nc2ccccc2c1=O. The summed E-state index contributed by atoms with van der Waals surface area (Å²) in [6, 6.07) is 14.3. The van der Waals surface area contributed by atoms with Crippen molar-refractivity contribution in [3.63, 3.8) is 0 Å². The zero-order chi connectivity index (χ0) is 19.2. The molecule has 0 saturated heterocycles. The molecule has 1 amide bonds. The van der Waals surface area contributed by atoms with Crippen molar-refractivity contribution in [2.45, 2.75) is 11.7 Å². The molecule has 0 atom stereocenters. The van der Waals surface area contributed by atoms with Crippen LogP contribution in [0.5, 0.6) is 5.75 Å². The molecular weight excluding hydrogens is 362 g/mol. The number of carbonyl (C=O) groups is 1. The van der Waals surface area contributed by atoms with Crippen LogP contribution < -0.4 is 15.6 Å². The Bertz CT molecular complexity index is 1050. The fraction of sp³-hybridized carbons (Fsp3) is 0.150. The number of nitrogens with zero attached hydrogens (tertiary/aromatic N) is 2. The number of aromatic nitrogens is 2. The van der Waals surface area contributed by atoms with Gasteiger partial charge in [-0.1, -0.05) is 36.0 Å². The van der Waals surface area contributed by atoms with Gasteiger partial charge in [-0.15, -0.1) is 6.58 Å². The lowest BCUT2D eigenvalue weighted by atomic mass is 10.2. The van der Waals surface area contributed by atoms with Crippen molar-refractivity contribution in [1.29, 1.82) is 0 Å². The third-order valence-corrected chi connectivity index (χ3v) is 4.80. The van der Waals surface area contributed by atoms with Gasteiger partial charge in [0, 0.05) is 18.3 Å². The number of para-hydroxylation sites is 1. The van der Waals surface area contributed by atoms with Crippen LogP contribution in [0.25, 0.3) is 10.9 Å². The van der Waals surface area contributed by atoms with E-state index < -0.39 is 0 Å². The summed E-state index contributed by atoms with van der Waals surface area (Å²) in [5.41, 5.74) is 1.12. The average Bonchev–Trinajstić information content (AvgIpc) is 2.69. The van der Waals surface area contributed by atoms with E-state index in [1.165, 1.54) is 16.3 Å². The normalized spacial score (nSPS) is 10.6. The minimum Gasteiger partial charge on any atom is -0.497 e. The van der Waals surface area contributed by atoms with Crippen LogP contribution in [0, 0.1) is 0 Å². The topological polar surface area (TPSA) is 73.2 Å². The molecule has 6 nitrogen and oxygen atoms in total. The summed E-state index contributed by atoms with van der Waals surface area (Å²) < 4.78 is 6.68. The Morgan fingerprint density at radius 3 is 2.89 bits per heavy atom. The number of benzene rings is 2. The molecule has 2 aromatic carbocycles. The number of allylic oxidation sites excluding steroid dienone is 1. The molecule has 0 saturated carbocycles. The molecule has 0 aliphatic rings. The van der Waals surface area contributed by atoms with E-state index in [1.807, 2.05) is 6.07 Å². The van der Waals surface area contributed by atoms with Crippen molar-refractivity contribution >= 4 is 34.3 Å². The zero-order valence-corrected chi connectivity index (χ0v) is 15.7. The summed E-state index contributed by atoms with van der Waals surface area (Å²) in [6.07, 6.45) is 1.64. The summed E-state index contributed by atoms with van der Waals surface area (Å²) in [7, 11) is 1.57. The molecule has 0 radical (unpaired) electrons. The van der Waals surface area contributed by atoms with Gasteiger partial charge in [0.25, 0.3) is 5.56 Å². The van der Waals surface area contributed by atoms with E-state index in [2.05, 4.69) is 16.9 Å². The Hall–Kier alpha value is -3.06. The first-order valence-corrected chi connectivity index (χ1v) is 9.28. The molecule has 27 heavy (non-hydrogen) atoms. The number of hydrogen-bond donors (Lipinski definition) is 1. The molecule has 3 rings (SSSR count). The van der Waals surface area contributed by atoms with E-state index >= 15 is 0 Å². The highest BCUT2D eigenvalue weighted by atomic mass is 32.2. The van der Waals surface area contributed by atoms with E-state index in [9.17, 15) is 9.59 Å². The van der Waals surface area contributed by atoms with Crippen LogP contribution in [0.4, 0.5) is 5.69 Å². The predicted octanol–water partition coefficient (Wildman–Crippen LogP) is 3.32. The summed E-state index contributed by atoms with van der Waals surface area (Å²) in [6.45, 7) is 4.03. The molecule has 0 bridgehead atoms. The molecule has 3 aromatic rings. The zero-order valence-electron chi connectivity index (χ0n) is 14.8. The number of hydrogen-bond acceptors (Lipinski definition) is 5. The largest absolute Gasteiger partial charge is 0.497 e. The van der Waals surface area contributed by atoms with Crippen LogP contribution in [0.3, 0.4) is 0 Å². The molecule has 1 aromatic heterocycles. The number of fused-ring (bicyclic) bond motifs is 1. The summed E-state index contributed by atoms with van der Waals surface area (Å²) >= 11 is 1.21. The van der Waals surface area contributed by atoms with Gasteiger partial charge in [0.05, 0.1) is 23.8 Å². The molecule has 0 aliphatic heterocycles. The number of methoxy groups -OCH3 is 1. The van der Waals surface area contributed by atoms with Gasteiger partial charge in [-0.05, 0) is 24.3 Å². The summed E-state index contributed by atoms with van der Waals surface area (Å²) in [5, 5.41) is 3.85. The smallest absolute Gasteiger partial charge is 0.262 e. The lowest BCUT2D eigenvalue weighted by Gasteiger charge is -2.11. The van der Waals surface area contributed by atoms with Crippen LogP contribution in [0.15, 0.2) is 71.1 Å². The number of carbonyl (C=O) groups excluding carboxylic acids is 1. The second-order valence-corrected chi connectivity index (χ2v) is 6.63. The monoisotopic (exact) mass is 381 g/mol. The van der Waals surface area contributed by atoms with Gasteiger partial charge in [-0.25, -0.2) is 4.98 Å². The van der Waals surface area contributed by atoms with Gasteiger partial charge in [0.15, 0.2) is 5.16 Å². The van der Waals surface area contributed by atoms with E-state index in [-0.39, 0.29) is 17.2 Å². The highest BCUT2D eigenvalue weighted by molar-refractivity contribution is 7.99. The molecule has 0 aliphatic carbocycles. The van der Waals surface area contributed by atoms with Gasteiger partial charge in [0.1, 0.15) is 5.75 Å². The second-order valence-electron chi connectivity index (χ2n) is 5.68. The second kappa shape index (κ2) is 8.55. The summed E-state index contributed by atoms with van der Waals surface area (Å²) in [5.74, 6) is 0.594. The Kier molecular flexibility index (Phi) is 5.93. The predicted molar refractivity (Wildman–Crippen MR) is 109 cm³/mol. The molecule has 138 valence electrons. The quantitative estimate of drug-likeness (QED) is 0.386. The van der Waals surface area contributed by atoms with Crippen LogP contribution in [0.1, 0.15) is 0 Å². The molecule has 7 heteroatoms. The first-order chi connectivity index (χ1) is 13.1.